The second kappa shape index (κ2) is 6.76. The molecule has 4 rings (SSSR count). The highest BCUT2D eigenvalue weighted by Gasteiger charge is 2.53. The normalized spacial score (nSPS) is 36.0. The minimum Gasteiger partial charge on any atom is -0.436 e. The van der Waals surface area contributed by atoms with Gasteiger partial charge in [-0.1, -0.05) is 41.5 Å². The summed E-state index contributed by atoms with van der Waals surface area (Å²) >= 11 is 0. The van der Waals surface area contributed by atoms with Crippen LogP contribution in [-0.2, 0) is 14.3 Å². The molecule has 4 aliphatic carbocycles. The highest BCUT2D eigenvalue weighted by molar-refractivity contribution is 5.80. The van der Waals surface area contributed by atoms with Crippen molar-refractivity contribution in [1.82, 2.24) is 0 Å². The summed E-state index contributed by atoms with van der Waals surface area (Å²) in [5.74, 6) is 2.20. The fraction of sp³-hybridized carbons (Fsp3) is 0.955. The molecule has 26 heavy (non-hydrogen) atoms. The maximum absolute atomic E-state index is 15.7. The summed E-state index contributed by atoms with van der Waals surface area (Å²) in [4.78, 5) is 12.7. The summed E-state index contributed by atoms with van der Waals surface area (Å²) in [6.07, 6.45) is 6.75. The average Bonchev–Trinajstić information content (AvgIpc) is 2.46. The van der Waals surface area contributed by atoms with Gasteiger partial charge in [-0.3, -0.25) is 0 Å². The molecule has 0 aromatic rings. The van der Waals surface area contributed by atoms with Crippen molar-refractivity contribution in [2.75, 3.05) is 6.79 Å². The number of hydrogen-bond acceptors (Lipinski definition) is 3. The monoisotopic (exact) mass is 368 g/mol. The van der Waals surface area contributed by atoms with Crippen molar-refractivity contribution >= 4 is 5.97 Å². The summed E-state index contributed by atoms with van der Waals surface area (Å²) in [6.45, 7) is 11.0. The minimum atomic E-state index is -2.02. The Kier molecular flexibility index (Phi) is 5.22. The number of halogens is 1. The third-order valence-corrected chi connectivity index (χ3v) is 6.88. The van der Waals surface area contributed by atoms with Gasteiger partial charge in [0.1, 0.15) is 0 Å². The molecule has 1 atom stereocenters. The molecule has 0 amide bonds. The zero-order chi connectivity index (χ0) is 19.3. The zero-order valence-corrected chi connectivity index (χ0v) is 17.4. The number of carbonyl (C=O) groups excluding carboxylic acids is 1. The summed E-state index contributed by atoms with van der Waals surface area (Å²) in [5, 5.41) is 0. The Morgan fingerprint density at radius 1 is 0.923 bits per heavy atom. The molecule has 0 saturated heterocycles. The molecule has 0 spiro atoms. The fourth-order valence-electron chi connectivity index (χ4n) is 5.80. The van der Waals surface area contributed by atoms with Crippen LogP contribution < -0.4 is 0 Å². The number of rotatable bonds is 5. The van der Waals surface area contributed by atoms with Crippen LogP contribution in [0, 0.1) is 34.5 Å². The maximum atomic E-state index is 15.7. The van der Waals surface area contributed by atoms with Gasteiger partial charge in [0.05, 0.1) is 6.10 Å². The lowest BCUT2D eigenvalue weighted by molar-refractivity contribution is -0.202. The maximum Gasteiger partial charge on any atom is 0.346 e. The van der Waals surface area contributed by atoms with Gasteiger partial charge in [-0.15, -0.1) is 0 Å². The molecule has 4 saturated carbocycles. The van der Waals surface area contributed by atoms with Crippen LogP contribution in [0.25, 0.3) is 0 Å². The number of esters is 1. The first kappa shape index (κ1) is 20.1. The molecular weight excluding hydrogens is 331 g/mol. The number of carbonyl (C=O) groups is 1. The molecule has 0 aromatic carbocycles. The van der Waals surface area contributed by atoms with Crippen molar-refractivity contribution in [3.63, 3.8) is 0 Å². The van der Waals surface area contributed by atoms with Gasteiger partial charge in [-0.25, -0.2) is 9.18 Å². The first-order chi connectivity index (χ1) is 11.9. The predicted molar refractivity (Wildman–Crippen MR) is 100 cm³/mol. The van der Waals surface area contributed by atoms with Crippen LogP contribution >= 0.6 is 0 Å². The van der Waals surface area contributed by atoms with Crippen LogP contribution in [0.5, 0.6) is 0 Å². The number of hydrogen-bond donors (Lipinski definition) is 0. The van der Waals surface area contributed by atoms with E-state index >= 15 is 4.39 Å². The second-order valence-electron chi connectivity index (χ2n) is 11.4. The molecule has 4 heteroatoms. The summed E-state index contributed by atoms with van der Waals surface area (Å²) in [7, 11) is 0. The lowest BCUT2D eigenvalue weighted by Gasteiger charge is -2.53. The highest BCUT2D eigenvalue weighted by Crippen LogP contribution is 2.54. The van der Waals surface area contributed by atoms with E-state index in [4.69, 9.17) is 9.47 Å². The first-order valence-electron chi connectivity index (χ1n) is 10.4. The fourth-order valence-corrected chi connectivity index (χ4v) is 5.80. The molecule has 3 nitrogen and oxygen atoms in total. The third kappa shape index (κ3) is 3.95. The van der Waals surface area contributed by atoms with Crippen molar-refractivity contribution in [3.8, 4) is 0 Å². The molecule has 0 radical (unpaired) electrons. The van der Waals surface area contributed by atoms with E-state index in [9.17, 15) is 4.79 Å². The van der Waals surface area contributed by atoms with Gasteiger partial charge in [0.25, 0.3) is 0 Å². The molecule has 4 aliphatic rings. The first-order valence-corrected chi connectivity index (χ1v) is 10.4. The predicted octanol–water partition coefficient (Wildman–Crippen LogP) is 5.52. The Balaban J connectivity index is 1.57. The Morgan fingerprint density at radius 3 is 1.85 bits per heavy atom. The van der Waals surface area contributed by atoms with Crippen molar-refractivity contribution in [3.05, 3.63) is 0 Å². The van der Waals surface area contributed by atoms with Gasteiger partial charge in [0.15, 0.2) is 6.79 Å². The molecule has 4 fully saturated rings. The lowest BCUT2D eigenvalue weighted by atomic mass is 9.55. The molecule has 150 valence electrons. The van der Waals surface area contributed by atoms with Crippen LogP contribution in [-0.4, -0.2) is 24.5 Å². The SMILES string of the molecule is CC(C)(C)CC(F)(C(=O)OCOC1C2CC3CC(C2)CC1C3)C(C)(C)C. The minimum absolute atomic E-state index is 0.113. The molecule has 0 N–H and O–H groups in total. The summed E-state index contributed by atoms with van der Waals surface area (Å²) in [6, 6.07) is 0. The molecular formula is C22H37FO3. The van der Waals surface area contributed by atoms with Gasteiger partial charge < -0.3 is 9.47 Å². The van der Waals surface area contributed by atoms with Crippen LogP contribution in [0.4, 0.5) is 4.39 Å². The van der Waals surface area contributed by atoms with E-state index in [-0.39, 0.29) is 24.7 Å². The zero-order valence-electron chi connectivity index (χ0n) is 17.4. The number of alkyl halides is 1. The van der Waals surface area contributed by atoms with Gasteiger partial charge in [-0.2, -0.15) is 0 Å². The Morgan fingerprint density at radius 2 is 1.42 bits per heavy atom. The van der Waals surface area contributed by atoms with Crippen molar-refractivity contribution < 1.29 is 18.7 Å². The third-order valence-electron chi connectivity index (χ3n) is 6.88. The Hall–Kier alpha value is -0.640. The van der Waals surface area contributed by atoms with Crippen molar-refractivity contribution in [2.24, 2.45) is 34.5 Å². The highest BCUT2D eigenvalue weighted by atomic mass is 19.1. The van der Waals surface area contributed by atoms with Crippen molar-refractivity contribution in [2.45, 2.75) is 91.8 Å². The standard InChI is InChI=1S/C22H37FO3/c1-20(2,3)12-22(23,21(4,5)6)19(24)26-13-25-18-16-8-14-7-15(10-16)11-17(18)9-14/h14-18H,7-13H2,1-6H3. The van der Waals surface area contributed by atoms with Crippen LogP contribution in [0.1, 0.15) is 80.1 Å². The van der Waals surface area contributed by atoms with E-state index in [1.54, 1.807) is 20.8 Å². The number of ether oxygens (including phenoxy) is 2. The van der Waals surface area contributed by atoms with Gasteiger partial charge in [0.2, 0.25) is 5.67 Å². The average molecular weight is 369 g/mol. The van der Waals surface area contributed by atoms with Gasteiger partial charge >= 0.3 is 5.97 Å². The molecule has 0 heterocycles. The van der Waals surface area contributed by atoms with E-state index < -0.39 is 17.1 Å². The van der Waals surface area contributed by atoms with Crippen LogP contribution in [0.3, 0.4) is 0 Å². The lowest BCUT2D eigenvalue weighted by Crippen LogP contribution is -2.51. The molecule has 0 aliphatic heterocycles. The van der Waals surface area contributed by atoms with E-state index in [1.165, 1.54) is 32.1 Å². The van der Waals surface area contributed by atoms with Crippen LogP contribution in [0.2, 0.25) is 0 Å². The van der Waals surface area contributed by atoms with E-state index in [2.05, 4.69) is 0 Å². The van der Waals surface area contributed by atoms with Crippen molar-refractivity contribution in [1.29, 1.82) is 0 Å². The van der Waals surface area contributed by atoms with E-state index in [0.29, 0.717) is 11.8 Å². The largest absolute Gasteiger partial charge is 0.436 e. The second-order valence-corrected chi connectivity index (χ2v) is 11.4. The van der Waals surface area contributed by atoms with E-state index in [1.807, 2.05) is 20.8 Å². The topological polar surface area (TPSA) is 35.5 Å². The van der Waals surface area contributed by atoms with Gasteiger partial charge in [0, 0.05) is 5.41 Å². The molecule has 4 bridgehead atoms. The van der Waals surface area contributed by atoms with Crippen LogP contribution in [0.15, 0.2) is 0 Å². The van der Waals surface area contributed by atoms with Gasteiger partial charge in [-0.05, 0) is 67.6 Å². The quantitative estimate of drug-likeness (QED) is 0.473. The summed E-state index contributed by atoms with van der Waals surface area (Å²) < 4.78 is 27.1. The Labute approximate surface area is 158 Å². The smallest absolute Gasteiger partial charge is 0.346 e. The van der Waals surface area contributed by atoms with E-state index in [0.717, 1.165) is 11.8 Å². The molecule has 1 unspecified atom stereocenters. The summed E-state index contributed by atoms with van der Waals surface area (Å²) in [5.41, 5.74) is -3.14. The molecule has 0 aromatic heterocycles. The Bertz CT molecular complexity index is 502.